The Balaban J connectivity index is 2.19. The number of amides is 1. The highest BCUT2D eigenvalue weighted by Gasteiger charge is 2.30. The first kappa shape index (κ1) is 13.4. The Morgan fingerprint density at radius 2 is 2.21 bits per heavy atom. The van der Waals surface area contributed by atoms with Crippen LogP contribution >= 0.6 is 0 Å². The molecule has 1 aromatic carbocycles. The number of esters is 1. The normalized spacial score (nSPS) is 16.5. The van der Waals surface area contributed by atoms with Crippen molar-refractivity contribution in [2.75, 3.05) is 11.9 Å². The fourth-order valence-electron chi connectivity index (χ4n) is 2.10. The molecule has 0 radical (unpaired) electrons. The third-order valence-corrected chi connectivity index (χ3v) is 2.94. The third kappa shape index (κ3) is 2.86. The van der Waals surface area contributed by atoms with Crippen molar-refractivity contribution in [2.24, 2.45) is 0 Å². The predicted molar refractivity (Wildman–Crippen MR) is 70.2 cm³/mol. The average molecular weight is 263 g/mol. The van der Waals surface area contributed by atoms with Gasteiger partial charge in [0.05, 0.1) is 6.61 Å². The van der Waals surface area contributed by atoms with Crippen molar-refractivity contribution in [2.45, 2.75) is 33.3 Å². The average Bonchev–Trinajstić information content (AvgIpc) is 2.72. The minimum absolute atomic E-state index is 0.136. The topological polar surface area (TPSA) is 64.6 Å². The third-order valence-electron chi connectivity index (χ3n) is 2.94. The van der Waals surface area contributed by atoms with Gasteiger partial charge >= 0.3 is 5.97 Å². The second kappa shape index (κ2) is 5.30. The largest absolute Gasteiger partial charge is 0.478 e. The summed E-state index contributed by atoms with van der Waals surface area (Å²) in [6.07, 6.45) is -0.0723. The summed E-state index contributed by atoms with van der Waals surface area (Å²) in [6.45, 7) is 5.46. The molecule has 19 heavy (non-hydrogen) atoms. The molecule has 1 aliphatic rings. The summed E-state index contributed by atoms with van der Waals surface area (Å²) in [4.78, 5) is 22.7. The Kier molecular flexibility index (Phi) is 3.74. The van der Waals surface area contributed by atoms with E-state index in [0.29, 0.717) is 24.5 Å². The van der Waals surface area contributed by atoms with Crippen molar-refractivity contribution >= 4 is 17.6 Å². The lowest BCUT2D eigenvalue weighted by Crippen LogP contribution is -2.27. The number of benzene rings is 1. The number of carbonyl (C=O) groups is 2. The summed E-state index contributed by atoms with van der Waals surface area (Å²) in [5.74, 6) is 0.146. The Morgan fingerprint density at radius 1 is 1.47 bits per heavy atom. The van der Waals surface area contributed by atoms with Crippen molar-refractivity contribution < 1.29 is 19.1 Å². The van der Waals surface area contributed by atoms with E-state index in [9.17, 15) is 9.59 Å². The number of anilines is 1. The maximum absolute atomic E-state index is 11.6. The molecule has 0 saturated heterocycles. The number of fused-ring (bicyclic) bond motifs is 1. The molecule has 1 N–H and O–H groups in total. The zero-order chi connectivity index (χ0) is 14.0. The molecule has 1 aromatic rings. The van der Waals surface area contributed by atoms with Crippen LogP contribution < -0.4 is 10.1 Å². The Labute approximate surface area is 111 Å². The highest BCUT2D eigenvalue weighted by Crippen LogP contribution is 2.34. The van der Waals surface area contributed by atoms with Gasteiger partial charge in [0.2, 0.25) is 5.91 Å². The second-order valence-corrected chi connectivity index (χ2v) is 4.52. The monoisotopic (exact) mass is 263 g/mol. The Bertz CT molecular complexity index is 524. The van der Waals surface area contributed by atoms with Gasteiger partial charge in [-0.25, -0.2) is 4.79 Å². The van der Waals surface area contributed by atoms with Crippen LogP contribution in [0.2, 0.25) is 0 Å². The molecule has 0 bridgehead atoms. The number of ether oxygens (including phenoxy) is 2. The summed E-state index contributed by atoms with van der Waals surface area (Å²) >= 11 is 0. The lowest BCUT2D eigenvalue weighted by Gasteiger charge is -2.10. The first-order chi connectivity index (χ1) is 9.01. The van der Waals surface area contributed by atoms with Gasteiger partial charge in [0.25, 0.3) is 0 Å². The highest BCUT2D eigenvalue weighted by atomic mass is 16.6. The smallest absolute Gasteiger partial charge is 0.347 e. The molecule has 1 unspecified atom stereocenters. The lowest BCUT2D eigenvalue weighted by atomic mass is 10.1. The molecule has 1 amide bonds. The van der Waals surface area contributed by atoms with E-state index < -0.39 is 6.10 Å². The molecule has 5 heteroatoms. The van der Waals surface area contributed by atoms with Gasteiger partial charge in [0, 0.05) is 25.1 Å². The number of aryl methyl sites for hydroxylation is 1. The van der Waals surface area contributed by atoms with Crippen LogP contribution in [0.4, 0.5) is 5.69 Å². The summed E-state index contributed by atoms with van der Waals surface area (Å²) in [6, 6.07) is 3.69. The molecule has 5 nitrogen and oxygen atoms in total. The van der Waals surface area contributed by atoms with E-state index in [4.69, 9.17) is 9.47 Å². The van der Waals surface area contributed by atoms with E-state index in [0.717, 1.165) is 11.1 Å². The number of nitrogens with one attached hydrogen (secondary N) is 1. The minimum Gasteiger partial charge on any atom is -0.478 e. The molecule has 102 valence electrons. The summed E-state index contributed by atoms with van der Waals surface area (Å²) < 4.78 is 10.5. The Morgan fingerprint density at radius 3 is 2.84 bits per heavy atom. The number of hydrogen-bond donors (Lipinski definition) is 1. The second-order valence-electron chi connectivity index (χ2n) is 4.52. The fraction of sp³-hybridized carbons (Fsp3) is 0.429. The van der Waals surface area contributed by atoms with Crippen LogP contribution in [-0.2, 0) is 20.7 Å². The maximum Gasteiger partial charge on any atom is 0.347 e. The molecule has 2 rings (SSSR count). The van der Waals surface area contributed by atoms with Crippen molar-refractivity contribution in [3.63, 3.8) is 0 Å². The van der Waals surface area contributed by atoms with Crippen LogP contribution in [0.5, 0.6) is 5.75 Å². The van der Waals surface area contributed by atoms with E-state index in [1.807, 2.05) is 13.0 Å². The molecule has 0 aromatic heterocycles. The number of hydrogen-bond acceptors (Lipinski definition) is 4. The van der Waals surface area contributed by atoms with Gasteiger partial charge in [-0.05, 0) is 25.0 Å². The van der Waals surface area contributed by atoms with Gasteiger partial charge in [0.15, 0.2) is 6.10 Å². The van der Waals surface area contributed by atoms with E-state index >= 15 is 0 Å². The van der Waals surface area contributed by atoms with Gasteiger partial charge < -0.3 is 14.8 Å². The molecule has 0 aliphatic carbocycles. The van der Waals surface area contributed by atoms with Crippen molar-refractivity contribution in [3.8, 4) is 5.75 Å². The van der Waals surface area contributed by atoms with Crippen LogP contribution in [0.25, 0.3) is 0 Å². The van der Waals surface area contributed by atoms with Gasteiger partial charge in [-0.3, -0.25) is 4.79 Å². The van der Waals surface area contributed by atoms with Crippen molar-refractivity contribution in [1.82, 2.24) is 0 Å². The van der Waals surface area contributed by atoms with Crippen LogP contribution in [0.3, 0.4) is 0 Å². The SMILES string of the molecule is CCOC(=O)C1Cc2cc(C)c(NC(C)=O)cc2O1. The summed E-state index contributed by atoms with van der Waals surface area (Å²) in [5, 5.41) is 2.74. The molecular formula is C14H17NO4. The van der Waals surface area contributed by atoms with Gasteiger partial charge in [-0.1, -0.05) is 6.07 Å². The molecule has 1 heterocycles. The minimum atomic E-state index is -0.582. The first-order valence-electron chi connectivity index (χ1n) is 6.25. The van der Waals surface area contributed by atoms with Crippen LogP contribution in [0.15, 0.2) is 12.1 Å². The number of rotatable bonds is 3. The van der Waals surface area contributed by atoms with Crippen molar-refractivity contribution in [3.05, 3.63) is 23.3 Å². The van der Waals surface area contributed by atoms with E-state index in [2.05, 4.69) is 5.32 Å². The molecule has 1 aliphatic heterocycles. The van der Waals surface area contributed by atoms with Crippen molar-refractivity contribution in [1.29, 1.82) is 0 Å². The molecule has 1 atom stereocenters. The zero-order valence-corrected chi connectivity index (χ0v) is 11.3. The lowest BCUT2D eigenvalue weighted by molar-refractivity contribution is -0.150. The Hall–Kier alpha value is -2.04. The number of carbonyl (C=O) groups excluding carboxylic acids is 2. The van der Waals surface area contributed by atoms with Gasteiger partial charge in [-0.15, -0.1) is 0 Å². The zero-order valence-electron chi connectivity index (χ0n) is 11.3. The highest BCUT2D eigenvalue weighted by molar-refractivity contribution is 5.90. The molecule has 0 saturated carbocycles. The van der Waals surface area contributed by atoms with E-state index in [1.54, 1.807) is 13.0 Å². The van der Waals surface area contributed by atoms with E-state index in [1.165, 1.54) is 6.92 Å². The fourth-order valence-corrected chi connectivity index (χ4v) is 2.10. The predicted octanol–water partition coefficient (Wildman–Crippen LogP) is 1.82. The van der Waals surface area contributed by atoms with Crippen LogP contribution in [-0.4, -0.2) is 24.6 Å². The standard InChI is InChI=1S/C14H17NO4/c1-4-18-14(17)13-6-10-5-8(2)11(15-9(3)16)7-12(10)19-13/h5,7,13H,4,6H2,1-3H3,(H,15,16). The first-order valence-corrected chi connectivity index (χ1v) is 6.25. The maximum atomic E-state index is 11.6. The molecule has 0 spiro atoms. The molecular weight excluding hydrogens is 246 g/mol. The summed E-state index contributed by atoms with van der Waals surface area (Å²) in [7, 11) is 0. The quantitative estimate of drug-likeness (QED) is 0.845. The van der Waals surface area contributed by atoms with Crippen LogP contribution in [0, 0.1) is 6.92 Å². The summed E-state index contributed by atoms with van der Waals surface area (Å²) in [5.41, 5.74) is 2.61. The molecule has 0 fully saturated rings. The van der Waals surface area contributed by atoms with Gasteiger partial charge in [0.1, 0.15) is 5.75 Å². The van der Waals surface area contributed by atoms with Crippen LogP contribution in [0.1, 0.15) is 25.0 Å². The van der Waals surface area contributed by atoms with E-state index in [-0.39, 0.29) is 11.9 Å². The van der Waals surface area contributed by atoms with Gasteiger partial charge in [-0.2, -0.15) is 0 Å².